The Labute approximate surface area is 108 Å². The van der Waals surface area contributed by atoms with Crippen molar-refractivity contribution in [1.82, 2.24) is 9.88 Å². The van der Waals surface area contributed by atoms with Crippen molar-refractivity contribution in [3.8, 4) is 0 Å². The number of carbonyl (C=O) groups is 1. The monoisotopic (exact) mass is 248 g/mol. The minimum absolute atomic E-state index is 0.00900. The largest absolute Gasteiger partial charge is 0.395 e. The third-order valence-corrected chi connectivity index (χ3v) is 3.50. The van der Waals surface area contributed by atoms with Crippen LogP contribution in [0.2, 0.25) is 0 Å². The second-order valence-electron chi connectivity index (χ2n) is 4.73. The zero-order valence-corrected chi connectivity index (χ0v) is 10.6. The van der Waals surface area contributed by atoms with Crippen LogP contribution in [-0.2, 0) is 0 Å². The number of rotatable bonds is 4. The van der Waals surface area contributed by atoms with Gasteiger partial charge in [-0.05, 0) is 25.0 Å². The van der Waals surface area contributed by atoms with Crippen molar-refractivity contribution in [2.45, 2.75) is 38.1 Å². The molecule has 1 aliphatic rings. The first-order chi connectivity index (χ1) is 8.83. The second-order valence-corrected chi connectivity index (χ2v) is 4.73. The average molecular weight is 248 g/mol. The summed E-state index contributed by atoms with van der Waals surface area (Å²) in [6.07, 6.45) is 7.30. The summed E-state index contributed by atoms with van der Waals surface area (Å²) in [7, 11) is 0. The van der Waals surface area contributed by atoms with Gasteiger partial charge in [-0.1, -0.05) is 25.3 Å². The lowest BCUT2D eigenvalue weighted by atomic mass is 9.94. The molecule has 0 spiro atoms. The van der Waals surface area contributed by atoms with Gasteiger partial charge in [0.25, 0.3) is 5.91 Å². The number of aromatic nitrogens is 1. The highest BCUT2D eigenvalue weighted by Crippen LogP contribution is 2.23. The third-order valence-electron chi connectivity index (χ3n) is 3.50. The SMILES string of the molecule is O=C(c1ccccn1)N(CCO)C1CCCCC1. The fourth-order valence-electron chi connectivity index (χ4n) is 2.59. The molecule has 18 heavy (non-hydrogen) atoms. The van der Waals surface area contributed by atoms with E-state index < -0.39 is 0 Å². The number of aliphatic hydroxyl groups excluding tert-OH is 1. The molecule has 0 atom stereocenters. The van der Waals surface area contributed by atoms with E-state index in [0.717, 1.165) is 12.8 Å². The Kier molecular flexibility index (Phi) is 4.70. The molecule has 4 nitrogen and oxygen atoms in total. The molecular weight excluding hydrogens is 228 g/mol. The fourth-order valence-corrected chi connectivity index (χ4v) is 2.59. The van der Waals surface area contributed by atoms with Crippen LogP contribution in [0.25, 0.3) is 0 Å². The number of pyridine rings is 1. The molecule has 0 saturated heterocycles. The van der Waals surface area contributed by atoms with Crippen LogP contribution in [0.5, 0.6) is 0 Å². The molecule has 2 rings (SSSR count). The Balaban J connectivity index is 2.11. The molecular formula is C14H20N2O2. The van der Waals surface area contributed by atoms with Crippen molar-refractivity contribution >= 4 is 5.91 Å². The lowest BCUT2D eigenvalue weighted by molar-refractivity contribution is 0.0579. The molecule has 1 N–H and O–H groups in total. The molecule has 0 radical (unpaired) electrons. The lowest BCUT2D eigenvalue weighted by Crippen LogP contribution is -2.43. The molecule has 1 aliphatic carbocycles. The summed E-state index contributed by atoms with van der Waals surface area (Å²) in [6.45, 7) is 0.412. The molecule has 0 aliphatic heterocycles. The summed E-state index contributed by atoms with van der Waals surface area (Å²) in [5.74, 6) is -0.0587. The Morgan fingerprint density at radius 3 is 2.72 bits per heavy atom. The maximum absolute atomic E-state index is 12.4. The highest BCUT2D eigenvalue weighted by atomic mass is 16.3. The molecule has 1 heterocycles. The molecule has 1 amide bonds. The highest BCUT2D eigenvalue weighted by Gasteiger charge is 2.26. The summed E-state index contributed by atoms with van der Waals surface area (Å²) in [5, 5.41) is 9.15. The Bertz CT molecular complexity index is 375. The van der Waals surface area contributed by atoms with Crippen molar-refractivity contribution in [3.63, 3.8) is 0 Å². The van der Waals surface area contributed by atoms with Crippen LogP contribution < -0.4 is 0 Å². The Morgan fingerprint density at radius 1 is 1.33 bits per heavy atom. The molecule has 4 heteroatoms. The van der Waals surface area contributed by atoms with Crippen LogP contribution in [0.1, 0.15) is 42.6 Å². The summed E-state index contributed by atoms with van der Waals surface area (Å²) in [5.41, 5.74) is 0.469. The van der Waals surface area contributed by atoms with Gasteiger partial charge in [-0.2, -0.15) is 0 Å². The number of hydrogen-bond donors (Lipinski definition) is 1. The van der Waals surface area contributed by atoms with Gasteiger partial charge in [0.2, 0.25) is 0 Å². The van der Waals surface area contributed by atoms with Gasteiger partial charge in [0.1, 0.15) is 5.69 Å². The molecule has 0 unspecified atom stereocenters. The standard InChI is InChI=1S/C14H20N2O2/c17-11-10-16(12-6-2-1-3-7-12)14(18)13-8-4-5-9-15-13/h4-5,8-9,12,17H,1-3,6-7,10-11H2. The minimum Gasteiger partial charge on any atom is -0.395 e. The van der Waals surface area contributed by atoms with Gasteiger partial charge in [-0.3, -0.25) is 9.78 Å². The highest BCUT2D eigenvalue weighted by molar-refractivity contribution is 5.92. The summed E-state index contributed by atoms with van der Waals surface area (Å²) in [4.78, 5) is 18.3. The molecule has 1 fully saturated rings. The first-order valence-electron chi connectivity index (χ1n) is 6.66. The van der Waals surface area contributed by atoms with E-state index in [0.29, 0.717) is 12.2 Å². The topological polar surface area (TPSA) is 53.4 Å². The smallest absolute Gasteiger partial charge is 0.272 e. The Morgan fingerprint density at radius 2 is 2.11 bits per heavy atom. The number of aliphatic hydroxyl groups is 1. The van der Waals surface area contributed by atoms with Gasteiger partial charge in [-0.15, -0.1) is 0 Å². The minimum atomic E-state index is -0.0587. The third kappa shape index (κ3) is 3.07. The van der Waals surface area contributed by atoms with Crippen LogP contribution >= 0.6 is 0 Å². The van der Waals surface area contributed by atoms with Crippen molar-refractivity contribution in [2.24, 2.45) is 0 Å². The van der Waals surface area contributed by atoms with Crippen molar-refractivity contribution in [3.05, 3.63) is 30.1 Å². The first-order valence-corrected chi connectivity index (χ1v) is 6.66. The van der Waals surface area contributed by atoms with E-state index in [-0.39, 0.29) is 18.6 Å². The van der Waals surface area contributed by atoms with Crippen molar-refractivity contribution < 1.29 is 9.90 Å². The van der Waals surface area contributed by atoms with Crippen LogP contribution in [0.4, 0.5) is 0 Å². The van der Waals surface area contributed by atoms with E-state index in [4.69, 9.17) is 5.11 Å². The van der Waals surface area contributed by atoms with Crippen LogP contribution in [0.15, 0.2) is 24.4 Å². The summed E-state index contributed by atoms with van der Waals surface area (Å²) >= 11 is 0. The van der Waals surface area contributed by atoms with Crippen LogP contribution in [0.3, 0.4) is 0 Å². The van der Waals surface area contributed by atoms with E-state index >= 15 is 0 Å². The van der Waals surface area contributed by atoms with E-state index in [2.05, 4.69) is 4.98 Å². The van der Waals surface area contributed by atoms with Gasteiger partial charge >= 0.3 is 0 Å². The molecule has 98 valence electrons. The van der Waals surface area contributed by atoms with Crippen LogP contribution in [-0.4, -0.2) is 40.1 Å². The molecule has 0 aromatic carbocycles. The fraction of sp³-hybridized carbons (Fsp3) is 0.571. The second kappa shape index (κ2) is 6.50. The quantitative estimate of drug-likeness (QED) is 0.884. The van der Waals surface area contributed by atoms with Gasteiger partial charge in [0.05, 0.1) is 6.61 Å². The van der Waals surface area contributed by atoms with Crippen molar-refractivity contribution in [1.29, 1.82) is 0 Å². The van der Waals surface area contributed by atoms with E-state index in [1.807, 2.05) is 6.07 Å². The summed E-state index contributed by atoms with van der Waals surface area (Å²) < 4.78 is 0. The Hall–Kier alpha value is -1.42. The predicted molar refractivity (Wildman–Crippen MR) is 69.2 cm³/mol. The number of nitrogens with zero attached hydrogens (tertiary/aromatic N) is 2. The van der Waals surface area contributed by atoms with Gasteiger partial charge in [0.15, 0.2) is 0 Å². The van der Waals surface area contributed by atoms with Gasteiger partial charge in [0, 0.05) is 18.8 Å². The normalized spacial score (nSPS) is 16.5. The van der Waals surface area contributed by atoms with E-state index in [1.54, 1.807) is 23.2 Å². The zero-order chi connectivity index (χ0) is 12.8. The first kappa shape index (κ1) is 13.0. The number of hydrogen-bond acceptors (Lipinski definition) is 3. The maximum Gasteiger partial charge on any atom is 0.272 e. The predicted octanol–water partition coefficient (Wildman–Crippen LogP) is 1.85. The van der Waals surface area contributed by atoms with E-state index in [9.17, 15) is 4.79 Å². The molecule has 1 aromatic heterocycles. The molecule has 0 bridgehead atoms. The van der Waals surface area contributed by atoms with Gasteiger partial charge < -0.3 is 10.0 Å². The van der Waals surface area contributed by atoms with Gasteiger partial charge in [-0.25, -0.2) is 0 Å². The number of carbonyl (C=O) groups excluding carboxylic acids is 1. The van der Waals surface area contributed by atoms with Crippen LogP contribution in [0, 0.1) is 0 Å². The number of amides is 1. The lowest BCUT2D eigenvalue weighted by Gasteiger charge is -2.33. The van der Waals surface area contributed by atoms with E-state index in [1.165, 1.54) is 19.3 Å². The molecule has 1 aromatic rings. The van der Waals surface area contributed by atoms with Crippen molar-refractivity contribution in [2.75, 3.05) is 13.2 Å². The molecule has 1 saturated carbocycles. The zero-order valence-electron chi connectivity index (χ0n) is 10.6. The summed E-state index contributed by atoms with van der Waals surface area (Å²) in [6, 6.07) is 5.61. The average Bonchev–Trinajstić information content (AvgIpc) is 2.46. The maximum atomic E-state index is 12.4.